The molecule has 1 aliphatic heterocycles. The van der Waals surface area contributed by atoms with Crippen molar-refractivity contribution in [1.82, 2.24) is 5.32 Å². The smallest absolute Gasteiger partial charge is 0.416 e. The number of aliphatic imine (C=N–C) groups is 1. The Morgan fingerprint density at radius 3 is 2.52 bits per heavy atom. The van der Waals surface area contributed by atoms with Crippen molar-refractivity contribution in [2.75, 3.05) is 7.11 Å². The molecule has 0 fully saturated rings. The molecule has 1 amide bonds. The van der Waals surface area contributed by atoms with E-state index in [1.807, 2.05) is 26.0 Å². The molecule has 31 heavy (non-hydrogen) atoms. The maximum Gasteiger partial charge on any atom is 0.416 e. The van der Waals surface area contributed by atoms with Gasteiger partial charge in [0, 0.05) is 12.8 Å². The molecule has 1 heterocycles. The van der Waals surface area contributed by atoms with E-state index in [0.29, 0.717) is 12.2 Å². The zero-order valence-corrected chi connectivity index (χ0v) is 17.6. The Balaban J connectivity index is 1.73. The van der Waals surface area contributed by atoms with Crippen LogP contribution in [-0.4, -0.2) is 25.3 Å². The maximum atomic E-state index is 13.5. The van der Waals surface area contributed by atoms with Crippen molar-refractivity contribution in [2.24, 2.45) is 10.9 Å². The van der Waals surface area contributed by atoms with Crippen molar-refractivity contribution in [3.63, 3.8) is 0 Å². The van der Waals surface area contributed by atoms with Gasteiger partial charge in [0.25, 0.3) is 5.91 Å². The number of amides is 1. The van der Waals surface area contributed by atoms with Crippen LogP contribution in [0.2, 0.25) is 0 Å². The number of ether oxygens (including phenoxy) is 2. The molecule has 0 saturated carbocycles. The first-order valence-corrected chi connectivity index (χ1v) is 9.99. The van der Waals surface area contributed by atoms with Crippen LogP contribution >= 0.6 is 0 Å². The maximum absolute atomic E-state index is 13.5. The minimum atomic E-state index is -4.54. The van der Waals surface area contributed by atoms with Crippen molar-refractivity contribution in [1.29, 1.82) is 0 Å². The molecule has 0 spiro atoms. The van der Waals surface area contributed by atoms with Gasteiger partial charge in [-0.3, -0.25) is 9.79 Å². The summed E-state index contributed by atoms with van der Waals surface area (Å²) in [5.74, 6) is 0.383. The molecule has 2 aromatic carbocycles. The molecule has 5 nitrogen and oxygen atoms in total. The largest absolute Gasteiger partial charge is 0.497 e. The van der Waals surface area contributed by atoms with Crippen molar-refractivity contribution in [3.05, 3.63) is 59.2 Å². The van der Waals surface area contributed by atoms with Gasteiger partial charge in [0.05, 0.1) is 12.7 Å². The van der Waals surface area contributed by atoms with Crippen LogP contribution in [0.4, 0.5) is 13.2 Å². The van der Waals surface area contributed by atoms with Gasteiger partial charge in [0.2, 0.25) is 0 Å². The fourth-order valence-electron chi connectivity index (χ4n) is 3.20. The summed E-state index contributed by atoms with van der Waals surface area (Å²) < 4.78 is 51.4. The molecule has 0 aromatic heterocycles. The van der Waals surface area contributed by atoms with Gasteiger partial charge >= 0.3 is 6.18 Å². The van der Waals surface area contributed by atoms with Crippen molar-refractivity contribution < 1.29 is 27.4 Å². The van der Waals surface area contributed by atoms with Crippen LogP contribution in [-0.2, 0) is 17.5 Å². The van der Waals surface area contributed by atoms with E-state index >= 15 is 0 Å². The molecular weight excluding hydrogens is 409 g/mol. The number of methoxy groups -OCH3 is 1. The van der Waals surface area contributed by atoms with E-state index < -0.39 is 23.9 Å². The highest BCUT2D eigenvalue weighted by Gasteiger charge is 2.37. The quantitative estimate of drug-likeness (QED) is 0.608. The predicted octanol–water partition coefficient (Wildman–Crippen LogP) is 4.95. The van der Waals surface area contributed by atoms with Gasteiger partial charge in [-0.25, -0.2) is 0 Å². The van der Waals surface area contributed by atoms with Crippen LogP contribution in [0.5, 0.6) is 11.5 Å². The normalized spacial score (nSPS) is 16.2. The van der Waals surface area contributed by atoms with Crippen molar-refractivity contribution in [3.8, 4) is 11.5 Å². The Morgan fingerprint density at radius 1 is 1.16 bits per heavy atom. The van der Waals surface area contributed by atoms with Gasteiger partial charge < -0.3 is 14.8 Å². The second-order valence-electron chi connectivity index (χ2n) is 7.80. The molecule has 2 atom stereocenters. The Morgan fingerprint density at radius 2 is 1.90 bits per heavy atom. The molecule has 0 saturated heterocycles. The van der Waals surface area contributed by atoms with Gasteiger partial charge in [0.15, 0.2) is 6.10 Å². The lowest BCUT2D eigenvalue weighted by Gasteiger charge is -2.22. The minimum absolute atomic E-state index is 0.00101. The summed E-state index contributed by atoms with van der Waals surface area (Å²) in [6, 6.07) is 10.5. The second-order valence-corrected chi connectivity index (χ2v) is 7.80. The van der Waals surface area contributed by atoms with Gasteiger partial charge in [-0.05, 0) is 47.7 Å². The monoisotopic (exact) mass is 434 g/mol. The molecule has 0 bridgehead atoms. The lowest BCUT2D eigenvalue weighted by atomic mass is 10.0. The Hall–Kier alpha value is -3.03. The SMILES string of the molecule is COc1cccc(CNC(=O)C(CC(C)C)Oc2ccc(C3C=N3)c(C(F)(F)F)c2)c1. The first-order valence-electron chi connectivity index (χ1n) is 9.99. The van der Waals surface area contributed by atoms with E-state index in [1.165, 1.54) is 18.3 Å². The van der Waals surface area contributed by atoms with Crippen molar-refractivity contribution in [2.45, 2.75) is 45.1 Å². The topological polar surface area (TPSA) is 59.9 Å². The zero-order valence-electron chi connectivity index (χ0n) is 17.6. The Kier molecular flexibility index (Phi) is 6.87. The number of hydrogen-bond acceptors (Lipinski definition) is 4. The van der Waals surface area contributed by atoms with E-state index in [9.17, 15) is 18.0 Å². The zero-order chi connectivity index (χ0) is 22.6. The average Bonchev–Trinajstić information content (AvgIpc) is 3.56. The fourth-order valence-corrected chi connectivity index (χ4v) is 3.20. The molecular formula is C23H25F3N2O3. The highest BCUT2D eigenvalue weighted by atomic mass is 19.4. The third kappa shape index (κ3) is 6.23. The number of nitrogens with zero attached hydrogens (tertiary/aromatic N) is 1. The number of halogens is 3. The summed E-state index contributed by atoms with van der Waals surface area (Å²) in [4.78, 5) is 16.6. The first-order chi connectivity index (χ1) is 14.7. The molecule has 0 aliphatic carbocycles. The summed E-state index contributed by atoms with van der Waals surface area (Å²) in [6.45, 7) is 4.08. The molecule has 1 N–H and O–H groups in total. The van der Waals surface area contributed by atoms with Crippen LogP contribution in [0.1, 0.15) is 43.0 Å². The van der Waals surface area contributed by atoms with E-state index in [-0.39, 0.29) is 29.7 Å². The average molecular weight is 434 g/mol. The predicted molar refractivity (Wildman–Crippen MR) is 111 cm³/mol. The van der Waals surface area contributed by atoms with E-state index in [4.69, 9.17) is 9.47 Å². The molecule has 8 heteroatoms. The second kappa shape index (κ2) is 9.41. The number of rotatable bonds is 9. The van der Waals surface area contributed by atoms with Crippen molar-refractivity contribution >= 4 is 12.1 Å². The van der Waals surface area contributed by atoms with E-state index in [2.05, 4.69) is 10.3 Å². The number of carbonyl (C=O) groups excluding carboxylic acids is 1. The van der Waals surface area contributed by atoms with Crippen LogP contribution in [0, 0.1) is 5.92 Å². The summed E-state index contributed by atoms with van der Waals surface area (Å²) in [5.41, 5.74) is 0.125. The van der Waals surface area contributed by atoms with Crippen LogP contribution in [0.25, 0.3) is 0 Å². The molecule has 2 unspecified atom stereocenters. The van der Waals surface area contributed by atoms with Crippen LogP contribution in [0.15, 0.2) is 47.5 Å². The fraction of sp³-hybridized carbons (Fsp3) is 0.391. The summed E-state index contributed by atoms with van der Waals surface area (Å²) in [7, 11) is 1.56. The highest BCUT2D eigenvalue weighted by Crippen LogP contribution is 2.40. The van der Waals surface area contributed by atoms with E-state index in [0.717, 1.165) is 11.6 Å². The number of hydrogen-bond donors (Lipinski definition) is 1. The Labute approximate surface area is 179 Å². The molecule has 2 aromatic rings. The van der Waals surface area contributed by atoms with E-state index in [1.54, 1.807) is 19.2 Å². The summed E-state index contributed by atoms with van der Waals surface area (Å²) in [5, 5.41) is 2.80. The highest BCUT2D eigenvalue weighted by molar-refractivity contribution is 5.82. The summed E-state index contributed by atoms with van der Waals surface area (Å²) >= 11 is 0. The van der Waals surface area contributed by atoms with Gasteiger partial charge in [0.1, 0.15) is 17.5 Å². The van der Waals surface area contributed by atoms with Gasteiger partial charge in [-0.1, -0.05) is 32.0 Å². The van der Waals surface area contributed by atoms with Crippen LogP contribution < -0.4 is 14.8 Å². The number of alkyl halides is 3. The number of benzene rings is 2. The lowest BCUT2D eigenvalue weighted by Crippen LogP contribution is -2.39. The molecule has 1 aliphatic rings. The van der Waals surface area contributed by atoms with Crippen LogP contribution in [0.3, 0.4) is 0 Å². The standard InChI is InChI=1S/C23H25F3N2O3/c1-14(2)9-21(22(29)28-12-15-5-4-6-16(10-15)30-3)31-17-7-8-18(20-13-27-20)19(11-17)23(24,25)26/h4-8,10-11,13-14,20-21H,9,12H2,1-3H3,(H,28,29). The number of nitrogens with one attached hydrogen (secondary N) is 1. The lowest BCUT2D eigenvalue weighted by molar-refractivity contribution is -0.138. The molecule has 0 radical (unpaired) electrons. The first kappa shape index (κ1) is 22.7. The number of carbonyl (C=O) groups is 1. The molecule has 166 valence electrons. The van der Waals surface area contributed by atoms with Gasteiger partial charge in [-0.15, -0.1) is 0 Å². The van der Waals surface area contributed by atoms with Gasteiger partial charge in [-0.2, -0.15) is 13.2 Å². The third-order valence-electron chi connectivity index (χ3n) is 4.80. The third-order valence-corrected chi connectivity index (χ3v) is 4.80. The Bertz CT molecular complexity index is 951. The summed E-state index contributed by atoms with van der Waals surface area (Å²) in [6.07, 6.45) is -3.64. The molecule has 3 rings (SSSR count). The minimum Gasteiger partial charge on any atom is -0.497 e.